The van der Waals surface area contributed by atoms with E-state index in [1.807, 2.05) is 0 Å². The van der Waals surface area contributed by atoms with Crippen LogP contribution >= 0.6 is 31.3 Å². The van der Waals surface area contributed by atoms with Crippen molar-refractivity contribution in [2.75, 3.05) is 127 Å². The van der Waals surface area contributed by atoms with Crippen LogP contribution in [0.3, 0.4) is 0 Å². The number of rotatable bonds is 36. The van der Waals surface area contributed by atoms with Crippen LogP contribution in [0.4, 0.5) is 0 Å². The fourth-order valence-electron chi connectivity index (χ4n) is 3.06. The molecule has 0 saturated carbocycles. The summed E-state index contributed by atoms with van der Waals surface area (Å²) in [7, 11) is -11.6. The van der Waals surface area contributed by atoms with E-state index in [4.69, 9.17) is 61.6 Å². The Morgan fingerprint density at radius 1 is 0.479 bits per heavy atom. The lowest BCUT2D eigenvalue weighted by Gasteiger charge is -2.23. The van der Waals surface area contributed by atoms with E-state index >= 15 is 0 Å². The van der Waals surface area contributed by atoms with Crippen LogP contribution in [0.2, 0.25) is 0 Å². The standard InChI is InChI=1S/C23H53NO20P4/c1-31-45(25,26)39-17-13-35-9-11-37-15-19-41-47(29,33-3)43-21-23(7-5-6-8-24)22-44-48(30,34-4)42-20-16-38-12-10-36-14-18-40-46(27,28)32-2/h23H,5-22,24H2,1-4H3,(H,25,26)(H,27,28). The molecule has 0 heterocycles. The maximum Gasteiger partial charge on any atom is 0.474 e. The van der Waals surface area contributed by atoms with Gasteiger partial charge < -0.3 is 34.5 Å². The van der Waals surface area contributed by atoms with Gasteiger partial charge in [-0.25, -0.2) is 18.3 Å². The lowest BCUT2D eigenvalue weighted by Crippen LogP contribution is -2.18. The number of unbranched alkanes of at least 4 members (excludes halogenated alkanes) is 1. The van der Waals surface area contributed by atoms with Crippen LogP contribution in [0.1, 0.15) is 19.3 Å². The Morgan fingerprint density at radius 3 is 1.12 bits per heavy atom. The van der Waals surface area contributed by atoms with Crippen LogP contribution in [-0.2, 0) is 82.4 Å². The van der Waals surface area contributed by atoms with Gasteiger partial charge in [-0.1, -0.05) is 6.42 Å². The molecule has 0 aliphatic heterocycles. The van der Waals surface area contributed by atoms with Crippen LogP contribution in [-0.4, -0.2) is 137 Å². The van der Waals surface area contributed by atoms with E-state index in [9.17, 15) is 18.3 Å². The van der Waals surface area contributed by atoms with Crippen molar-refractivity contribution in [3.63, 3.8) is 0 Å². The first-order valence-corrected chi connectivity index (χ1v) is 20.7. The van der Waals surface area contributed by atoms with Crippen LogP contribution < -0.4 is 5.73 Å². The molecule has 0 amide bonds. The van der Waals surface area contributed by atoms with Gasteiger partial charge in [-0.15, -0.1) is 0 Å². The summed E-state index contributed by atoms with van der Waals surface area (Å²) < 4.78 is 118. The molecule has 25 heteroatoms. The SMILES string of the molecule is COP(=O)(O)OCCOCCOCCOP(=O)(OC)OCC(CCCCN)COP(=O)(OC)OCCOCCOCCOP(=O)(O)OC. The number of hydrogen-bond donors (Lipinski definition) is 3. The maximum atomic E-state index is 12.9. The number of hydrogen-bond acceptors (Lipinski definition) is 19. The zero-order valence-corrected chi connectivity index (χ0v) is 31.5. The van der Waals surface area contributed by atoms with Crippen molar-refractivity contribution < 1.29 is 92.2 Å². The van der Waals surface area contributed by atoms with E-state index in [0.717, 1.165) is 14.2 Å². The van der Waals surface area contributed by atoms with Gasteiger partial charge in [0, 0.05) is 34.4 Å². The molecule has 48 heavy (non-hydrogen) atoms. The Labute approximate surface area is 281 Å². The van der Waals surface area contributed by atoms with Crippen LogP contribution in [0.15, 0.2) is 0 Å². The molecule has 0 saturated heterocycles. The zero-order valence-electron chi connectivity index (χ0n) is 27.9. The smallest absolute Gasteiger partial charge is 0.377 e. The van der Waals surface area contributed by atoms with Gasteiger partial charge >= 0.3 is 31.3 Å². The van der Waals surface area contributed by atoms with Crippen molar-refractivity contribution in [2.24, 2.45) is 11.7 Å². The van der Waals surface area contributed by atoms with Gasteiger partial charge in [-0.3, -0.25) is 45.2 Å². The third-order valence-electron chi connectivity index (χ3n) is 5.57. The summed E-state index contributed by atoms with van der Waals surface area (Å²) in [5.74, 6) is -0.405. The molecular weight excluding hydrogens is 734 g/mol. The first-order valence-electron chi connectivity index (χ1n) is 14.8. The van der Waals surface area contributed by atoms with Gasteiger partial charge in [0.25, 0.3) is 0 Å². The second kappa shape index (κ2) is 28.8. The number of phosphoric ester groups is 4. The van der Waals surface area contributed by atoms with Crippen molar-refractivity contribution in [2.45, 2.75) is 19.3 Å². The number of nitrogens with two attached hydrogens (primary N) is 1. The van der Waals surface area contributed by atoms with Crippen LogP contribution in [0.25, 0.3) is 0 Å². The summed E-state index contributed by atoms with van der Waals surface area (Å²) in [6.07, 6.45) is 1.92. The Balaban J connectivity index is 4.43. The zero-order chi connectivity index (χ0) is 36.2. The second-order valence-electron chi connectivity index (χ2n) is 9.09. The minimum Gasteiger partial charge on any atom is -0.377 e. The van der Waals surface area contributed by atoms with E-state index in [0.29, 0.717) is 25.8 Å². The average molecular weight is 788 g/mol. The molecule has 0 spiro atoms. The van der Waals surface area contributed by atoms with Crippen LogP contribution in [0, 0.1) is 5.92 Å². The monoisotopic (exact) mass is 787 g/mol. The van der Waals surface area contributed by atoms with Gasteiger partial charge in [0.1, 0.15) is 0 Å². The molecule has 290 valence electrons. The largest absolute Gasteiger partial charge is 0.474 e. The minimum absolute atomic E-state index is 0.0405. The van der Waals surface area contributed by atoms with Crippen molar-refractivity contribution >= 4 is 31.3 Å². The maximum absolute atomic E-state index is 12.9. The highest BCUT2D eigenvalue weighted by Gasteiger charge is 2.30. The predicted molar refractivity (Wildman–Crippen MR) is 168 cm³/mol. The highest BCUT2D eigenvalue weighted by Crippen LogP contribution is 2.51. The van der Waals surface area contributed by atoms with Gasteiger partial charge in [0.15, 0.2) is 0 Å². The lowest BCUT2D eigenvalue weighted by atomic mass is 10.0. The Kier molecular flexibility index (Phi) is 28.9. The molecule has 0 aliphatic rings. The molecule has 0 fully saturated rings. The fraction of sp³-hybridized carbons (Fsp3) is 1.00. The second-order valence-corrected chi connectivity index (χ2v) is 15.8. The quantitative estimate of drug-likeness (QED) is 0.0609. The highest BCUT2D eigenvalue weighted by molar-refractivity contribution is 7.49. The van der Waals surface area contributed by atoms with Gasteiger partial charge in [-0.05, 0) is 19.4 Å². The van der Waals surface area contributed by atoms with Gasteiger partial charge in [-0.2, -0.15) is 0 Å². The molecular formula is C23H53NO20P4. The van der Waals surface area contributed by atoms with Gasteiger partial charge in [0.2, 0.25) is 0 Å². The van der Waals surface area contributed by atoms with Crippen molar-refractivity contribution in [1.82, 2.24) is 0 Å². The molecule has 0 aromatic carbocycles. The van der Waals surface area contributed by atoms with E-state index in [1.165, 1.54) is 14.2 Å². The van der Waals surface area contributed by atoms with E-state index in [2.05, 4.69) is 18.1 Å². The van der Waals surface area contributed by atoms with E-state index in [1.54, 1.807) is 0 Å². The fourth-order valence-corrected chi connectivity index (χ4v) is 5.83. The summed E-state index contributed by atoms with van der Waals surface area (Å²) in [5, 5.41) is 0. The number of ether oxygens (including phenoxy) is 4. The van der Waals surface area contributed by atoms with Gasteiger partial charge in [0.05, 0.1) is 92.5 Å². The third kappa shape index (κ3) is 27.0. The highest BCUT2D eigenvalue weighted by atomic mass is 31.2. The Hall–Kier alpha value is 0.240. The molecule has 4 unspecified atom stereocenters. The normalized spacial score (nSPS) is 17.7. The Morgan fingerprint density at radius 2 is 0.812 bits per heavy atom. The minimum atomic E-state index is -4.05. The summed E-state index contributed by atoms with van der Waals surface area (Å²) >= 11 is 0. The average Bonchev–Trinajstić information content (AvgIpc) is 3.07. The van der Waals surface area contributed by atoms with Crippen molar-refractivity contribution in [1.29, 1.82) is 0 Å². The summed E-state index contributed by atoms with van der Waals surface area (Å²) in [4.78, 5) is 18.2. The Bertz CT molecular complexity index is 910. The van der Waals surface area contributed by atoms with Crippen molar-refractivity contribution in [3.05, 3.63) is 0 Å². The third-order valence-corrected chi connectivity index (χ3v) is 10.3. The molecule has 0 rings (SSSR count). The lowest BCUT2D eigenvalue weighted by molar-refractivity contribution is 0.0143. The van der Waals surface area contributed by atoms with Crippen LogP contribution in [0.5, 0.6) is 0 Å². The molecule has 0 aliphatic carbocycles. The molecule has 4 atom stereocenters. The van der Waals surface area contributed by atoms with E-state index in [-0.39, 0.29) is 92.5 Å². The summed E-state index contributed by atoms with van der Waals surface area (Å²) in [5.41, 5.74) is 5.60. The molecule has 0 aromatic rings. The number of phosphoric acid groups is 4. The summed E-state index contributed by atoms with van der Waals surface area (Å²) in [6, 6.07) is 0. The molecule has 21 nitrogen and oxygen atoms in total. The topological polar surface area (TPSA) is 264 Å². The first-order chi connectivity index (χ1) is 22.8. The molecule has 4 N–H and O–H groups in total. The van der Waals surface area contributed by atoms with Crippen molar-refractivity contribution in [3.8, 4) is 0 Å². The summed E-state index contributed by atoms with van der Waals surface area (Å²) in [6.45, 7) is 0.482. The molecule has 0 radical (unpaired) electrons. The molecule has 0 aromatic heterocycles. The molecule has 0 bridgehead atoms. The van der Waals surface area contributed by atoms with E-state index < -0.39 is 37.2 Å². The first kappa shape index (κ1) is 48.2. The predicted octanol–water partition coefficient (Wildman–Crippen LogP) is 2.90.